The van der Waals surface area contributed by atoms with E-state index in [1.165, 1.54) is 4.90 Å². The zero-order chi connectivity index (χ0) is 15.0. The van der Waals surface area contributed by atoms with E-state index < -0.39 is 6.04 Å². The van der Waals surface area contributed by atoms with Crippen molar-refractivity contribution in [3.63, 3.8) is 0 Å². The highest BCUT2D eigenvalue weighted by Crippen LogP contribution is 2.40. The molecule has 2 heterocycles. The van der Waals surface area contributed by atoms with Gasteiger partial charge in [0.2, 0.25) is 0 Å². The van der Waals surface area contributed by atoms with Crippen molar-refractivity contribution in [1.29, 1.82) is 5.26 Å². The third-order valence-corrected chi connectivity index (χ3v) is 4.21. The van der Waals surface area contributed by atoms with Crippen LogP contribution in [0.4, 0.5) is 0 Å². The van der Waals surface area contributed by atoms with Crippen LogP contribution in [0, 0.1) is 11.3 Å². The topological polar surface area (TPSA) is 57.0 Å². The molecule has 21 heavy (non-hydrogen) atoms. The molecule has 1 aliphatic rings. The fourth-order valence-electron chi connectivity index (χ4n) is 2.43. The first kappa shape index (κ1) is 13.9. The zero-order valence-electron chi connectivity index (χ0n) is 10.8. The van der Waals surface area contributed by atoms with Gasteiger partial charge in [0, 0.05) is 24.5 Å². The molecule has 0 N–H and O–H groups in total. The van der Waals surface area contributed by atoms with E-state index >= 15 is 0 Å². The number of nitriles is 1. The van der Waals surface area contributed by atoms with Crippen molar-refractivity contribution in [3.05, 3.63) is 63.4 Å². The molecule has 1 aliphatic heterocycles. The van der Waals surface area contributed by atoms with E-state index in [4.69, 9.17) is 23.2 Å². The van der Waals surface area contributed by atoms with Gasteiger partial charge >= 0.3 is 0 Å². The van der Waals surface area contributed by atoms with Crippen LogP contribution in [0.25, 0.3) is 0 Å². The number of benzene rings is 1. The molecule has 3 rings (SSSR count). The highest BCUT2D eigenvalue weighted by Gasteiger charge is 2.39. The Morgan fingerprint density at radius 2 is 2.14 bits per heavy atom. The van der Waals surface area contributed by atoms with Crippen molar-refractivity contribution in [2.75, 3.05) is 0 Å². The predicted octanol–water partition coefficient (Wildman–Crippen LogP) is 3.61. The minimum atomic E-state index is -0.664. The number of aromatic nitrogens is 1. The number of amides is 1. The Labute approximate surface area is 131 Å². The van der Waals surface area contributed by atoms with Gasteiger partial charge in [-0.15, -0.1) is 0 Å². The van der Waals surface area contributed by atoms with Crippen molar-refractivity contribution in [3.8, 4) is 6.07 Å². The van der Waals surface area contributed by atoms with E-state index in [0.717, 1.165) is 5.56 Å². The van der Waals surface area contributed by atoms with Crippen molar-refractivity contribution < 1.29 is 4.79 Å². The van der Waals surface area contributed by atoms with Gasteiger partial charge in [0.25, 0.3) is 5.91 Å². The third kappa shape index (κ3) is 2.25. The molecule has 0 saturated carbocycles. The highest BCUT2D eigenvalue weighted by molar-refractivity contribution is 6.44. The molecule has 1 aromatic heterocycles. The average Bonchev–Trinajstić information content (AvgIpc) is 2.77. The fourth-order valence-corrected chi connectivity index (χ4v) is 2.84. The van der Waals surface area contributed by atoms with Gasteiger partial charge in [0.1, 0.15) is 6.04 Å². The van der Waals surface area contributed by atoms with Gasteiger partial charge in [-0.2, -0.15) is 5.26 Å². The summed E-state index contributed by atoms with van der Waals surface area (Å²) in [6.45, 7) is 0.299. The van der Waals surface area contributed by atoms with E-state index in [2.05, 4.69) is 11.1 Å². The summed E-state index contributed by atoms with van der Waals surface area (Å²) in [7, 11) is 0. The lowest BCUT2D eigenvalue weighted by molar-refractivity contribution is 0.0744. The number of hydrogen-bond acceptors (Lipinski definition) is 3. The monoisotopic (exact) mass is 317 g/mol. The van der Waals surface area contributed by atoms with Gasteiger partial charge < -0.3 is 4.90 Å². The van der Waals surface area contributed by atoms with E-state index in [1.54, 1.807) is 30.6 Å². The lowest BCUT2D eigenvalue weighted by Crippen LogP contribution is -2.27. The van der Waals surface area contributed by atoms with Crippen molar-refractivity contribution >= 4 is 29.1 Å². The molecule has 1 aromatic carbocycles. The molecule has 0 saturated heterocycles. The Morgan fingerprint density at radius 1 is 1.33 bits per heavy atom. The second kappa shape index (κ2) is 5.36. The summed E-state index contributed by atoms with van der Waals surface area (Å²) >= 11 is 12.1. The maximum Gasteiger partial charge on any atom is 0.257 e. The largest absolute Gasteiger partial charge is 0.314 e. The van der Waals surface area contributed by atoms with E-state index in [0.29, 0.717) is 22.7 Å². The molecular formula is C15H9Cl2N3O. The second-order valence-electron chi connectivity index (χ2n) is 4.65. The highest BCUT2D eigenvalue weighted by atomic mass is 35.5. The fraction of sp³-hybridized carbons (Fsp3) is 0.133. The van der Waals surface area contributed by atoms with Crippen molar-refractivity contribution in [2.24, 2.45) is 0 Å². The molecular weight excluding hydrogens is 309 g/mol. The minimum Gasteiger partial charge on any atom is -0.314 e. The van der Waals surface area contributed by atoms with Gasteiger partial charge in [-0.3, -0.25) is 9.78 Å². The summed E-state index contributed by atoms with van der Waals surface area (Å²) in [4.78, 5) is 18.0. The molecule has 104 valence electrons. The van der Waals surface area contributed by atoms with Gasteiger partial charge in [0.05, 0.1) is 21.7 Å². The van der Waals surface area contributed by atoms with Crippen LogP contribution in [-0.4, -0.2) is 15.8 Å². The van der Waals surface area contributed by atoms with E-state index in [1.807, 2.05) is 6.07 Å². The molecule has 0 spiro atoms. The Bertz CT molecular complexity index is 756. The van der Waals surface area contributed by atoms with E-state index in [9.17, 15) is 10.1 Å². The molecule has 0 radical (unpaired) electrons. The van der Waals surface area contributed by atoms with Gasteiger partial charge in [-0.05, 0) is 17.7 Å². The zero-order valence-corrected chi connectivity index (χ0v) is 12.3. The summed E-state index contributed by atoms with van der Waals surface area (Å²) in [5, 5.41) is 9.91. The van der Waals surface area contributed by atoms with Crippen LogP contribution in [0.15, 0.2) is 36.7 Å². The lowest BCUT2D eigenvalue weighted by atomic mass is 10.1. The summed E-state index contributed by atoms with van der Waals surface area (Å²) in [6, 6.07) is 8.41. The normalized spacial score (nSPS) is 16.7. The maximum absolute atomic E-state index is 12.6. The summed E-state index contributed by atoms with van der Waals surface area (Å²) in [6.07, 6.45) is 3.32. The third-order valence-electron chi connectivity index (χ3n) is 3.41. The number of halogens is 2. The van der Waals surface area contributed by atoms with Gasteiger partial charge in [-0.1, -0.05) is 35.3 Å². The first-order valence-electron chi connectivity index (χ1n) is 6.21. The molecule has 0 aliphatic carbocycles. The van der Waals surface area contributed by atoms with Crippen LogP contribution in [0.3, 0.4) is 0 Å². The first-order valence-corrected chi connectivity index (χ1v) is 6.96. The summed E-state index contributed by atoms with van der Waals surface area (Å²) in [5.74, 6) is -0.284. The number of hydrogen-bond donors (Lipinski definition) is 0. The predicted molar refractivity (Wildman–Crippen MR) is 78.9 cm³/mol. The molecule has 4 nitrogen and oxygen atoms in total. The maximum atomic E-state index is 12.6. The van der Waals surface area contributed by atoms with Crippen molar-refractivity contribution in [1.82, 2.24) is 9.88 Å². The summed E-state index contributed by atoms with van der Waals surface area (Å²) in [5.41, 5.74) is 1.77. The quantitative estimate of drug-likeness (QED) is 0.850. The minimum absolute atomic E-state index is 0.202. The Balaban J connectivity index is 2.03. The Kier molecular flexibility index (Phi) is 3.54. The first-order chi connectivity index (χ1) is 10.1. The van der Waals surface area contributed by atoms with Crippen LogP contribution in [0.2, 0.25) is 10.0 Å². The number of fused-ring (bicyclic) bond motifs is 1. The lowest BCUT2D eigenvalue weighted by Gasteiger charge is -2.19. The second-order valence-corrected chi connectivity index (χ2v) is 5.44. The Hall–Kier alpha value is -2.09. The number of pyridine rings is 1. The van der Waals surface area contributed by atoms with Crippen molar-refractivity contribution in [2.45, 2.75) is 12.6 Å². The number of carbonyl (C=O) groups is 1. The van der Waals surface area contributed by atoms with Gasteiger partial charge in [-0.25, -0.2) is 0 Å². The molecule has 6 heteroatoms. The van der Waals surface area contributed by atoms with E-state index in [-0.39, 0.29) is 10.9 Å². The molecule has 1 atom stereocenters. The van der Waals surface area contributed by atoms with Crippen LogP contribution < -0.4 is 0 Å². The number of nitrogens with zero attached hydrogens (tertiary/aromatic N) is 3. The van der Waals surface area contributed by atoms with Crippen LogP contribution in [0.5, 0.6) is 0 Å². The number of carbonyl (C=O) groups excluding carboxylic acids is 1. The molecule has 0 fully saturated rings. The number of rotatable bonds is 2. The smallest absolute Gasteiger partial charge is 0.257 e. The molecule has 0 bridgehead atoms. The summed E-state index contributed by atoms with van der Waals surface area (Å²) < 4.78 is 0. The molecule has 2 aromatic rings. The van der Waals surface area contributed by atoms with Gasteiger partial charge in [0.15, 0.2) is 0 Å². The molecule has 1 unspecified atom stereocenters. The van der Waals surface area contributed by atoms with Crippen LogP contribution in [-0.2, 0) is 6.54 Å². The van der Waals surface area contributed by atoms with Crippen LogP contribution >= 0.6 is 23.2 Å². The average molecular weight is 318 g/mol. The standard InChI is InChI=1S/C15H9Cl2N3O/c16-11-4-3-10-12(6-18)20(15(21)13(10)14(11)17)8-9-2-1-5-19-7-9/h1-5,7,12H,8H2. The Morgan fingerprint density at radius 3 is 2.81 bits per heavy atom. The SMILES string of the molecule is N#CC1c2ccc(Cl)c(Cl)c2C(=O)N1Cc1cccnc1. The van der Waals surface area contributed by atoms with Crippen LogP contribution in [0.1, 0.15) is 27.5 Å². The molecule has 1 amide bonds.